The lowest BCUT2D eigenvalue weighted by molar-refractivity contribution is -0.203. The van der Waals surface area contributed by atoms with Crippen LogP contribution in [0.1, 0.15) is 31.9 Å². The SMILES string of the molecule is CC1(C)CC(=O)NN1[C@@H](c1cccc2c(Cl)cccc12)C(F)(F)F. The molecule has 1 aliphatic heterocycles. The van der Waals surface area contributed by atoms with Crippen molar-refractivity contribution in [3.05, 3.63) is 47.0 Å². The molecule has 0 saturated carbocycles. The Labute approximate surface area is 142 Å². The van der Waals surface area contributed by atoms with Crippen molar-refractivity contribution in [1.82, 2.24) is 10.4 Å². The molecular weight excluding hydrogens is 341 g/mol. The average molecular weight is 357 g/mol. The summed E-state index contributed by atoms with van der Waals surface area (Å²) in [5, 5.41) is 2.36. The van der Waals surface area contributed by atoms with E-state index in [4.69, 9.17) is 11.6 Å². The Hall–Kier alpha value is -1.79. The van der Waals surface area contributed by atoms with Gasteiger partial charge in [0.15, 0.2) is 6.04 Å². The second-order valence-corrected chi connectivity index (χ2v) is 6.93. The molecule has 0 bridgehead atoms. The first-order valence-corrected chi connectivity index (χ1v) is 7.82. The first-order chi connectivity index (χ1) is 11.1. The fourth-order valence-electron chi connectivity index (χ4n) is 3.21. The van der Waals surface area contributed by atoms with Crippen molar-refractivity contribution < 1.29 is 18.0 Å². The number of fused-ring (bicyclic) bond motifs is 1. The molecule has 3 nitrogen and oxygen atoms in total. The number of hydrazine groups is 1. The van der Waals surface area contributed by atoms with Gasteiger partial charge in [-0.15, -0.1) is 0 Å². The third-order valence-corrected chi connectivity index (χ3v) is 4.59. The Bertz CT molecular complexity index is 804. The number of nitrogens with zero attached hydrogens (tertiary/aromatic N) is 1. The fraction of sp³-hybridized carbons (Fsp3) is 0.353. The lowest BCUT2D eigenvalue weighted by atomic mass is 9.94. The molecule has 128 valence electrons. The van der Waals surface area contributed by atoms with E-state index < -0.39 is 23.7 Å². The molecule has 1 fully saturated rings. The minimum absolute atomic E-state index is 0.00506. The maximum atomic E-state index is 13.9. The predicted molar refractivity (Wildman–Crippen MR) is 86.4 cm³/mol. The van der Waals surface area contributed by atoms with Gasteiger partial charge in [0.05, 0.1) is 0 Å². The summed E-state index contributed by atoms with van der Waals surface area (Å²) in [5.41, 5.74) is 1.48. The van der Waals surface area contributed by atoms with Gasteiger partial charge >= 0.3 is 6.18 Å². The number of amides is 1. The van der Waals surface area contributed by atoms with Gasteiger partial charge in [0, 0.05) is 22.4 Å². The maximum Gasteiger partial charge on any atom is 0.409 e. The first-order valence-electron chi connectivity index (χ1n) is 7.44. The first kappa shape index (κ1) is 17.0. The molecule has 2 aromatic carbocycles. The van der Waals surface area contributed by atoms with Gasteiger partial charge in [-0.25, -0.2) is 0 Å². The molecule has 7 heteroatoms. The summed E-state index contributed by atoms with van der Waals surface area (Å²) < 4.78 is 41.8. The molecule has 1 atom stereocenters. The maximum absolute atomic E-state index is 13.9. The van der Waals surface area contributed by atoms with Crippen LogP contribution in [0.25, 0.3) is 10.8 Å². The van der Waals surface area contributed by atoms with Crippen LogP contribution in [0, 0.1) is 0 Å². The summed E-state index contributed by atoms with van der Waals surface area (Å²) in [4.78, 5) is 11.7. The zero-order valence-electron chi connectivity index (χ0n) is 13.1. The van der Waals surface area contributed by atoms with Crippen molar-refractivity contribution in [2.24, 2.45) is 0 Å². The van der Waals surface area contributed by atoms with E-state index in [1.54, 1.807) is 44.2 Å². The van der Waals surface area contributed by atoms with E-state index in [-0.39, 0.29) is 12.0 Å². The van der Waals surface area contributed by atoms with Crippen molar-refractivity contribution in [2.75, 3.05) is 0 Å². The van der Waals surface area contributed by atoms with E-state index in [2.05, 4.69) is 5.43 Å². The van der Waals surface area contributed by atoms with E-state index >= 15 is 0 Å². The lowest BCUT2D eigenvalue weighted by Gasteiger charge is -2.38. The Balaban J connectivity index is 2.22. The highest BCUT2D eigenvalue weighted by atomic mass is 35.5. The lowest BCUT2D eigenvalue weighted by Crippen LogP contribution is -2.51. The van der Waals surface area contributed by atoms with E-state index in [0.717, 1.165) is 5.01 Å². The molecule has 0 aromatic heterocycles. The minimum atomic E-state index is -4.56. The molecule has 0 radical (unpaired) electrons. The molecule has 1 N–H and O–H groups in total. The largest absolute Gasteiger partial charge is 0.409 e. The van der Waals surface area contributed by atoms with Crippen molar-refractivity contribution in [1.29, 1.82) is 0 Å². The third kappa shape index (κ3) is 2.84. The van der Waals surface area contributed by atoms with Crippen LogP contribution in [-0.4, -0.2) is 22.6 Å². The molecule has 1 amide bonds. The third-order valence-electron chi connectivity index (χ3n) is 4.26. The van der Waals surface area contributed by atoms with Gasteiger partial charge in [-0.2, -0.15) is 18.2 Å². The number of hydrogen-bond donors (Lipinski definition) is 1. The van der Waals surface area contributed by atoms with Crippen molar-refractivity contribution in [3.8, 4) is 0 Å². The van der Waals surface area contributed by atoms with E-state index in [9.17, 15) is 18.0 Å². The van der Waals surface area contributed by atoms with Crippen molar-refractivity contribution in [2.45, 2.75) is 38.0 Å². The highest BCUT2D eigenvalue weighted by Gasteiger charge is 2.53. The molecule has 2 aromatic rings. The van der Waals surface area contributed by atoms with Gasteiger partial charge in [0.1, 0.15) is 0 Å². The number of benzene rings is 2. The van der Waals surface area contributed by atoms with Gasteiger partial charge in [-0.05, 0) is 30.9 Å². The van der Waals surface area contributed by atoms with Crippen LogP contribution in [0.15, 0.2) is 36.4 Å². The summed E-state index contributed by atoms with van der Waals surface area (Å²) in [6.07, 6.45) is -4.56. The summed E-state index contributed by atoms with van der Waals surface area (Å²) in [7, 11) is 0. The van der Waals surface area contributed by atoms with Crippen LogP contribution < -0.4 is 5.43 Å². The van der Waals surface area contributed by atoms with Gasteiger partial charge in [-0.1, -0.05) is 41.9 Å². The molecule has 1 saturated heterocycles. The summed E-state index contributed by atoms with van der Waals surface area (Å²) >= 11 is 6.12. The monoisotopic (exact) mass is 356 g/mol. The highest BCUT2D eigenvalue weighted by molar-refractivity contribution is 6.35. The number of rotatable bonds is 2. The average Bonchev–Trinajstić information content (AvgIpc) is 2.71. The van der Waals surface area contributed by atoms with Crippen LogP contribution in [0.2, 0.25) is 5.02 Å². The topological polar surface area (TPSA) is 32.3 Å². The standard InChI is InChI=1S/C17H16ClF3N2O/c1-16(2)9-14(24)22-23(16)15(17(19,20)21)12-7-3-6-11-10(12)5-4-8-13(11)18/h3-8,15H,9H2,1-2H3,(H,22,24)/t15-/m0/s1. The Morgan fingerprint density at radius 1 is 1.17 bits per heavy atom. The van der Waals surface area contributed by atoms with E-state index in [1.807, 2.05) is 0 Å². The molecule has 1 heterocycles. The van der Waals surface area contributed by atoms with Crippen LogP contribution >= 0.6 is 11.6 Å². The second-order valence-electron chi connectivity index (χ2n) is 6.52. The van der Waals surface area contributed by atoms with E-state index in [1.165, 1.54) is 6.07 Å². The number of nitrogens with one attached hydrogen (secondary N) is 1. The van der Waals surface area contributed by atoms with Crippen molar-refractivity contribution >= 4 is 28.3 Å². The molecule has 1 aliphatic rings. The second kappa shape index (κ2) is 5.63. The highest BCUT2D eigenvalue weighted by Crippen LogP contribution is 2.45. The molecule has 0 aliphatic carbocycles. The van der Waals surface area contributed by atoms with Gasteiger partial charge in [0.25, 0.3) is 0 Å². The molecule has 0 unspecified atom stereocenters. The molecule has 24 heavy (non-hydrogen) atoms. The molecule has 0 spiro atoms. The quantitative estimate of drug-likeness (QED) is 0.852. The van der Waals surface area contributed by atoms with Crippen molar-refractivity contribution in [3.63, 3.8) is 0 Å². The summed E-state index contributed by atoms with van der Waals surface area (Å²) in [6.45, 7) is 3.23. The Morgan fingerprint density at radius 3 is 2.38 bits per heavy atom. The number of halogens is 4. The normalized spacial score (nSPS) is 19.5. The number of carbonyl (C=O) groups excluding carboxylic acids is 1. The number of alkyl halides is 3. The smallest absolute Gasteiger partial charge is 0.287 e. The van der Waals surface area contributed by atoms with E-state index in [0.29, 0.717) is 15.8 Å². The number of carbonyl (C=O) groups is 1. The van der Waals surface area contributed by atoms with Crippen LogP contribution in [0.4, 0.5) is 13.2 Å². The Kier molecular flexibility index (Phi) is 4.00. The zero-order chi connectivity index (χ0) is 17.7. The van der Waals surface area contributed by atoms with Crippen LogP contribution in [0.5, 0.6) is 0 Å². The minimum Gasteiger partial charge on any atom is -0.287 e. The molecule has 3 rings (SSSR count). The summed E-state index contributed by atoms with van der Waals surface area (Å²) in [5.74, 6) is -0.424. The van der Waals surface area contributed by atoms with Gasteiger partial charge < -0.3 is 0 Å². The fourth-order valence-corrected chi connectivity index (χ4v) is 3.45. The van der Waals surface area contributed by atoms with Gasteiger partial charge in [0.2, 0.25) is 5.91 Å². The number of hydrogen-bond acceptors (Lipinski definition) is 2. The molecular formula is C17H16ClF3N2O. The Morgan fingerprint density at radius 2 is 1.79 bits per heavy atom. The van der Waals surface area contributed by atoms with Crippen LogP contribution in [0.3, 0.4) is 0 Å². The van der Waals surface area contributed by atoms with Crippen LogP contribution in [-0.2, 0) is 4.79 Å². The van der Waals surface area contributed by atoms with Gasteiger partial charge in [-0.3, -0.25) is 10.2 Å². The summed E-state index contributed by atoms with van der Waals surface area (Å²) in [6, 6.07) is 7.57. The predicted octanol–water partition coefficient (Wildman–Crippen LogP) is 4.61. The zero-order valence-corrected chi connectivity index (χ0v) is 13.9.